The first-order chi connectivity index (χ1) is 11.6. The molecule has 3 rings (SSSR count). The number of carbonyl (C=O) groups excluding carboxylic acids is 1. The number of anilines is 1. The Morgan fingerprint density at radius 3 is 2.25 bits per heavy atom. The summed E-state index contributed by atoms with van der Waals surface area (Å²) in [4.78, 5) is 14.5. The van der Waals surface area contributed by atoms with Crippen LogP contribution in [0.5, 0.6) is 0 Å². The smallest absolute Gasteiger partial charge is 0.224 e. The van der Waals surface area contributed by atoms with Crippen molar-refractivity contribution in [3.05, 3.63) is 63.6 Å². The van der Waals surface area contributed by atoms with Crippen molar-refractivity contribution in [3.63, 3.8) is 0 Å². The monoisotopic (exact) mass is 362 g/mol. The van der Waals surface area contributed by atoms with Gasteiger partial charge >= 0.3 is 0 Å². The van der Waals surface area contributed by atoms with E-state index in [1.807, 2.05) is 0 Å². The zero-order valence-electron chi connectivity index (χ0n) is 13.4. The van der Waals surface area contributed by atoms with Gasteiger partial charge in [-0.1, -0.05) is 41.4 Å². The van der Waals surface area contributed by atoms with Gasteiger partial charge in [0.25, 0.3) is 0 Å². The van der Waals surface area contributed by atoms with Crippen LogP contribution in [0.25, 0.3) is 0 Å². The van der Waals surface area contributed by atoms with Crippen LogP contribution in [-0.2, 0) is 17.8 Å². The summed E-state index contributed by atoms with van der Waals surface area (Å²) >= 11 is 12.2. The fraction of sp³-hybridized carbons (Fsp3) is 0.316. The van der Waals surface area contributed by atoms with Gasteiger partial charge in [0.2, 0.25) is 5.91 Å². The fourth-order valence-electron chi connectivity index (χ4n) is 2.92. The third-order valence-electron chi connectivity index (χ3n) is 4.30. The van der Waals surface area contributed by atoms with Crippen LogP contribution in [0.15, 0.2) is 42.5 Å². The van der Waals surface area contributed by atoms with Crippen LogP contribution in [-0.4, -0.2) is 19.0 Å². The largest absolute Gasteiger partial charge is 0.372 e. The molecule has 0 aliphatic carbocycles. The molecule has 1 fully saturated rings. The van der Waals surface area contributed by atoms with Crippen molar-refractivity contribution in [2.75, 3.05) is 18.0 Å². The molecule has 0 aromatic heterocycles. The van der Waals surface area contributed by atoms with E-state index in [-0.39, 0.29) is 12.3 Å². The van der Waals surface area contributed by atoms with Crippen molar-refractivity contribution in [2.24, 2.45) is 0 Å². The second kappa shape index (κ2) is 7.91. The molecule has 126 valence electrons. The van der Waals surface area contributed by atoms with Gasteiger partial charge < -0.3 is 10.2 Å². The molecule has 1 N–H and O–H groups in total. The van der Waals surface area contributed by atoms with Crippen molar-refractivity contribution in [1.82, 2.24) is 5.32 Å². The Hall–Kier alpha value is -1.71. The standard InChI is InChI=1S/C19H20Cl2N2O/c20-17-4-3-5-18(21)16(17)12-19(24)22-13-14-6-8-15(9-7-14)23-10-1-2-11-23/h3-9H,1-2,10-13H2,(H,22,24). The average Bonchev–Trinajstić information content (AvgIpc) is 3.11. The van der Waals surface area contributed by atoms with E-state index in [2.05, 4.69) is 34.5 Å². The Kier molecular flexibility index (Phi) is 5.64. The van der Waals surface area contributed by atoms with E-state index in [1.54, 1.807) is 18.2 Å². The predicted octanol–water partition coefficient (Wildman–Crippen LogP) is 4.45. The van der Waals surface area contributed by atoms with Crippen LogP contribution in [0.1, 0.15) is 24.0 Å². The molecule has 1 saturated heterocycles. The van der Waals surface area contributed by atoms with Crippen molar-refractivity contribution in [3.8, 4) is 0 Å². The van der Waals surface area contributed by atoms with E-state index in [0.717, 1.165) is 18.7 Å². The SMILES string of the molecule is O=C(Cc1c(Cl)cccc1Cl)NCc1ccc(N2CCCC2)cc1. The van der Waals surface area contributed by atoms with Crippen LogP contribution in [0.2, 0.25) is 10.0 Å². The number of hydrogen-bond donors (Lipinski definition) is 1. The average molecular weight is 363 g/mol. The first-order valence-corrected chi connectivity index (χ1v) is 8.92. The number of carbonyl (C=O) groups is 1. The van der Waals surface area contributed by atoms with Gasteiger partial charge in [0, 0.05) is 35.4 Å². The third kappa shape index (κ3) is 4.22. The molecule has 2 aromatic carbocycles. The van der Waals surface area contributed by atoms with Gasteiger partial charge in [-0.2, -0.15) is 0 Å². The van der Waals surface area contributed by atoms with Crippen LogP contribution < -0.4 is 10.2 Å². The molecule has 0 saturated carbocycles. The molecule has 1 aliphatic heterocycles. The Labute approximate surface area is 152 Å². The lowest BCUT2D eigenvalue weighted by atomic mass is 10.1. The number of nitrogens with zero attached hydrogens (tertiary/aromatic N) is 1. The Morgan fingerprint density at radius 2 is 1.62 bits per heavy atom. The normalized spacial score (nSPS) is 14.0. The van der Waals surface area contributed by atoms with Gasteiger partial charge in [-0.15, -0.1) is 0 Å². The van der Waals surface area contributed by atoms with E-state index >= 15 is 0 Å². The lowest BCUT2D eigenvalue weighted by Gasteiger charge is -2.17. The minimum absolute atomic E-state index is 0.0892. The highest BCUT2D eigenvalue weighted by molar-refractivity contribution is 6.36. The lowest BCUT2D eigenvalue weighted by Crippen LogP contribution is -2.25. The van der Waals surface area contributed by atoms with Gasteiger partial charge in [0.05, 0.1) is 6.42 Å². The lowest BCUT2D eigenvalue weighted by molar-refractivity contribution is -0.120. The third-order valence-corrected chi connectivity index (χ3v) is 5.00. The molecule has 0 spiro atoms. The van der Waals surface area contributed by atoms with Gasteiger partial charge in [-0.3, -0.25) is 4.79 Å². The van der Waals surface area contributed by atoms with Gasteiger partial charge in [0.1, 0.15) is 0 Å². The van der Waals surface area contributed by atoms with Gasteiger partial charge in [-0.25, -0.2) is 0 Å². The maximum absolute atomic E-state index is 12.1. The highest BCUT2D eigenvalue weighted by Crippen LogP contribution is 2.24. The summed E-state index contributed by atoms with van der Waals surface area (Å²) < 4.78 is 0. The van der Waals surface area contributed by atoms with E-state index in [9.17, 15) is 4.79 Å². The molecule has 2 aromatic rings. The van der Waals surface area contributed by atoms with Crippen LogP contribution >= 0.6 is 23.2 Å². The number of hydrogen-bond acceptors (Lipinski definition) is 2. The molecular formula is C19H20Cl2N2O. The van der Waals surface area contributed by atoms with E-state index in [1.165, 1.54) is 18.5 Å². The van der Waals surface area contributed by atoms with E-state index in [4.69, 9.17) is 23.2 Å². The Balaban J connectivity index is 1.54. The highest BCUT2D eigenvalue weighted by Gasteiger charge is 2.13. The minimum atomic E-state index is -0.0892. The number of nitrogens with one attached hydrogen (secondary N) is 1. The number of halogens is 2. The molecule has 0 bridgehead atoms. The number of rotatable bonds is 5. The summed E-state index contributed by atoms with van der Waals surface area (Å²) in [6.45, 7) is 2.77. The summed E-state index contributed by atoms with van der Waals surface area (Å²) in [5.41, 5.74) is 3.00. The van der Waals surface area contributed by atoms with E-state index < -0.39 is 0 Å². The first kappa shape index (κ1) is 17.1. The molecule has 3 nitrogen and oxygen atoms in total. The van der Waals surface area contributed by atoms with Crippen molar-refractivity contribution in [2.45, 2.75) is 25.8 Å². The molecule has 0 unspecified atom stereocenters. The fourth-order valence-corrected chi connectivity index (χ4v) is 3.46. The zero-order chi connectivity index (χ0) is 16.9. The van der Waals surface area contributed by atoms with Crippen LogP contribution in [0.3, 0.4) is 0 Å². The molecule has 1 amide bonds. The zero-order valence-corrected chi connectivity index (χ0v) is 14.9. The topological polar surface area (TPSA) is 32.3 Å². The molecule has 1 heterocycles. The molecule has 5 heteroatoms. The van der Waals surface area contributed by atoms with Crippen molar-refractivity contribution in [1.29, 1.82) is 0 Å². The van der Waals surface area contributed by atoms with Gasteiger partial charge in [0.15, 0.2) is 0 Å². The van der Waals surface area contributed by atoms with Crippen molar-refractivity contribution >= 4 is 34.8 Å². The van der Waals surface area contributed by atoms with Crippen molar-refractivity contribution < 1.29 is 4.79 Å². The van der Waals surface area contributed by atoms with Gasteiger partial charge in [-0.05, 0) is 48.2 Å². The second-order valence-corrected chi connectivity index (χ2v) is 6.83. The number of benzene rings is 2. The highest BCUT2D eigenvalue weighted by atomic mass is 35.5. The molecule has 24 heavy (non-hydrogen) atoms. The molecule has 0 radical (unpaired) electrons. The Morgan fingerprint density at radius 1 is 1.00 bits per heavy atom. The maximum Gasteiger partial charge on any atom is 0.224 e. The number of amides is 1. The van der Waals surface area contributed by atoms with Crippen LogP contribution in [0, 0.1) is 0 Å². The summed E-state index contributed by atoms with van der Waals surface area (Å²) in [6, 6.07) is 13.6. The molecule has 1 aliphatic rings. The first-order valence-electron chi connectivity index (χ1n) is 8.17. The molecular weight excluding hydrogens is 343 g/mol. The quantitative estimate of drug-likeness (QED) is 0.851. The summed E-state index contributed by atoms with van der Waals surface area (Å²) in [7, 11) is 0. The summed E-state index contributed by atoms with van der Waals surface area (Å²) in [5.74, 6) is -0.0892. The van der Waals surface area contributed by atoms with Crippen LogP contribution in [0.4, 0.5) is 5.69 Å². The minimum Gasteiger partial charge on any atom is -0.372 e. The summed E-state index contributed by atoms with van der Waals surface area (Å²) in [6.07, 6.45) is 2.72. The Bertz CT molecular complexity index is 690. The second-order valence-electron chi connectivity index (χ2n) is 6.01. The predicted molar refractivity (Wildman–Crippen MR) is 99.9 cm³/mol. The summed E-state index contributed by atoms with van der Waals surface area (Å²) in [5, 5.41) is 3.96. The van der Waals surface area contributed by atoms with E-state index in [0.29, 0.717) is 22.2 Å². The molecule has 0 atom stereocenters. The maximum atomic E-state index is 12.1.